The molecule has 142 valence electrons. The molecule has 0 spiro atoms. The van der Waals surface area contributed by atoms with Gasteiger partial charge in [-0.1, -0.05) is 41.4 Å². The summed E-state index contributed by atoms with van der Waals surface area (Å²) >= 11 is 11.9. The Morgan fingerprint density at radius 3 is 2.46 bits per heavy atom. The number of primary sulfonamides is 1. The zero-order chi connectivity index (χ0) is 20.5. The predicted octanol–water partition coefficient (Wildman–Crippen LogP) is 3.02. The summed E-state index contributed by atoms with van der Waals surface area (Å²) in [4.78, 5) is 12.2. The Bertz CT molecular complexity index is 1160. The molecule has 1 aliphatic rings. The molecule has 0 bridgehead atoms. The zero-order valence-electron chi connectivity index (χ0n) is 13.8. The molecule has 0 radical (unpaired) electrons. The minimum atomic E-state index is -4.07. The van der Waals surface area contributed by atoms with Crippen molar-refractivity contribution in [1.29, 1.82) is 5.26 Å². The van der Waals surface area contributed by atoms with Crippen LogP contribution in [0.1, 0.15) is 0 Å². The number of rotatable bonds is 4. The number of carbonyl (C=O) groups excluding carboxylic acids is 1. The third kappa shape index (κ3) is 3.88. The largest absolute Gasteiger partial charge is 0.281 e. The Balaban J connectivity index is 1.93. The molecule has 0 fully saturated rings. The number of azo groups is 1. The molecule has 9 nitrogen and oxygen atoms in total. The molecule has 3 rings (SSSR count). The standard InChI is InChI=1S/C16H10Cl2N6O3S/c17-10-7-14(28(20,26)27)11(18)6-12(10)21-22-15-13(8-19)23-24(16(15)25)9-4-2-1-3-5-9/h1-7,15H,(H2,20,26,27)/b22-21+. The highest BCUT2D eigenvalue weighted by atomic mass is 35.5. The molecule has 2 aromatic rings. The lowest BCUT2D eigenvalue weighted by molar-refractivity contribution is -0.117. The second-order valence-electron chi connectivity index (χ2n) is 5.48. The van der Waals surface area contributed by atoms with E-state index in [0.717, 1.165) is 17.1 Å². The maximum absolute atomic E-state index is 12.6. The monoisotopic (exact) mass is 436 g/mol. The first-order valence-electron chi connectivity index (χ1n) is 7.52. The molecule has 0 saturated heterocycles. The van der Waals surface area contributed by atoms with E-state index in [9.17, 15) is 18.5 Å². The number of hydrazone groups is 1. The van der Waals surface area contributed by atoms with E-state index in [1.54, 1.807) is 30.3 Å². The number of halogens is 2. The SMILES string of the molecule is N#CC1=NN(c2ccccc2)C(=O)C1/N=N/c1cc(Cl)c(S(N)(=O)=O)cc1Cl. The average Bonchev–Trinajstić information content (AvgIpc) is 2.97. The summed E-state index contributed by atoms with van der Waals surface area (Å²) in [7, 11) is -4.07. The number of anilines is 1. The first kappa shape index (κ1) is 19.9. The number of benzene rings is 2. The van der Waals surface area contributed by atoms with E-state index in [1.165, 1.54) is 0 Å². The maximum Gasteiger partial charge on any atom is 0.281 e. The van der Waals surface area contributed by atoms with Gasteiger partial charge >= 0.3 is 0 Å². The van der Waals surface area contributed by atoms with Crippen molar-refractivity contribution in [2.45, 2.75) is 10.9 Å². The van der Waals surface area contributed by atoms with Gasteiger partial charge in [0.05, 0.1) is 15.7 Å². The molecule has 1 unspecified atom stereocenters. The van der Waals surface area contributed by atoms with Gasteiger partial charge in [-0.2, -0.15) is 25.6 Å². The van der Waals surface area contributed by atoms with Gasteiger partial charge in [0.1, 0.15) is 16.7 Å². The van der Waals surface area contributed by atoms with Gasteiger partial charge in [-0.15, -0.1) is 0 Å². The predicted molar refractivity (Wildman–Crippen MR) is 103 cm³/mol. The molecular formula is C16H10Cl2N6O3S. The quantitative estimate of drug-likeness (QED) is 0.734. The van der Waals surface area contributed by atoms with Crippen molar-refractivity contribution in [1.82, 2.24) is 0 Å². The highest BCUT2D eigenvalue weighted by molar-refractivity contribution is 7.89. The van der Waals surface area contributed by atoms with Crippen LogP contribution in [0.5, 0.6) is 0 Å². The van der Waals surface area contributed by atoms with Crippen molar-refractivity contribution in [3.05, 3.63) is 52.5 Å². The van der Waals surface area contributed by atoms with E-state index >= 15 is 0 Å². The number of hydrogen-bond donors (Lipinski definition) is 1. The van der Waals surface area contributed by atoms with Crippen molar-refractivity contribution in [2.24, 2.45) is 20.5 Å². The summed E-state index contributed by atoms with van der Waals surface area (Å²) in [5.74, 6) is -0.574. The fourth-order valence-electron chi connectivity index (χ4n) is 2.32. The van der Waals surface area contributed by atoms with Gasteiger partial charge in [0.2, 0.25) is 16.1 Å². The molecule has 12 heteroatoms. The van der Waals surface area contributed by atoms with Crippen molar-refractivity contribution in [2.75, 3.05) is 5.01 Å². The normalized spacial score (nSPS) is 17.1. The molecular weight excluding hydrogens is 427 g/mol. The van der Waals surface area contributed by atoms with E-state index in [0.29, 0.717) is 5.69 Å². The molecule has 2 aromatic carbocycles. The second kappa shape index (κ2) is 7.65. The first-order valence-corrected chi connectivity index (χ1v) is 9.83. The Hall–Kier alpha value is -2.84. The number of nitrogens with two attached hydrogens (primary N) is 1. The minimum Gasteiger partial charge on any atom is -0.269 e. The van der Waals surface area contributed by atoms with Crippen molar-refractivity contribution < 1.29 is 13.2 Å². The third-order valence-electron chi connectivity index (χ3n) is 3.61. The van der Waals surface area contributed by atoms with Gasteiger partial charge < -0.3 is 0 Å². The smallest absolute Gasteiger partial charge is 0.269 e. The van der Waals surface area contributed by atoms with Crippen LogP contribution in [0.3, 0.4) is 0 Å². The molecule has 0 aliphatic carbocycles. The van der Waals surface area contributed by atoms with Crippen LogP contribution in [0, 0.1) is 11.3 Å². The number of carbonyl (C=O) groups is 1. The van der Waals surface area contributed by atoms with Crippen LogP contribution in [0.2, 0.25) is 10.0 Å². The molecule has 1 aliphatic heterocycles. The van der Waals surface area contributed by atoms with Gasteiger partial charge in [0, 0.05) is 0 Å². The molecule has 2 N–H and O–H groups in total. The summed E-state index contributed by atoms with van der Waals surface area (Å²) in [6.45, 7) is 0. The Kier molecular flexibility index (Phi) is 5.44. The van der Waals surface area contributed by atoms with Gasteiger partial charge in [-0.05, 0) is 24.3 Å². The molecule has 28 heavy (non-hydrogen) atoms. The van der Waals surface area contributed by atoms with Crippen LogP contribution in [-0.4, -0.2) is 26.1 Å². The highest BCUT2D eigenvalue weighted by Gasteiger charge is 2.37. The third-order valence-corrected chi connectivity index (χ3v) is 5.29. The van der Waals surface area contributed by atoms with E-state index in [2.05, 4.69) is 15.3 Å². The van der Waals surface area contributed by atoms with E-state index in [-0.39, 0.29) is 26.3 Å². The number of hydrogen-bond acceptors (Lipinski definition) is 7. The van der Waals surface area contributed by atoms with Crippen LogP contribution < -0.4 is 10.1 Å². The summed E-state index contributed by atoms with van der Waals surface area (Å²) in [5, 5.41) is 26.7. The topological polar surface area (TPSA) is 141 Å². The fourth-order valence-corrected chi connectivity index (χ4v) is 3.68. The lowest BCUT2D eigenvalue weighted by atomic mass is 10.2. The number of amides is 1. The first-order chi connectivity index (χ1) is 13.2. The van der Waals surface area contributed by atoms with Crippen LogP contribution in [-0.2, 0) is 14.8 Å². The van der Waals surface area contributed by atoms with Crippen molar-refractivity contribution in [3.63, 3.8) is 0 Å². The summed E-state index contributed by atoms with van der Waals surface area (Å²) in [6, 6.07) is 11.2. The highest BCUT2D eigenvalue weighted by Crippen LogP contribution is 2.34. The fraction of sp³-hybridized carbons (Fsp3) is 0.0625. The van der Waals surface area contributed by atoms with Gasteiger partial charge in [0.15, 0.2) is 5.71 Å². The lowest BCUT2D eigenvalue weighted by Gasteiger charge is -2.11. The molecule has 1 heterocycles. The number of nitrogens with zero attached hydrogens (tertiary/aromatic N) is 5. The zero-order valence-corrected chi connectivity index (χ0v) is 16.1. The van der Waals surface area contributed by atoms with E-state index in [1.807, 2.05) is 6.07 Å². The van der Waals surface area contributed by atoms with E-state index in [4.69, 9.17) is 28.3 Å². The van der Waals surface area contributed by atoms with Gasteiger partial charge in [0.25, 0.3) is 5.91 Å². The Labute approximate surface area is 169 Å². The second-order valence-corrected chi connectivity index (χ2v) is 7.82. The van der Waals surface area contributed by atoms with Gasteiger partial charge in [-0.3, -0.25) is 4.79 Å². The molecule has 0 aromatic heterocycles. The molecule has 1 amide bonds. The number of nitriles is 1. The Morgan fingerprint density at radius 2 is 1.86 bits per heavy atom. The minimum absolute atomic E-state index is 0.00215. The molecule has 1 atom stereocenters. The van der Waals surface area contributed by atoms with Crippen LogP contribution >= 0.6 is 23.2 Å². The van der Waals surface area contributed by atoms with Crippen LogP contribution in [0.4, 0.5) is 11.4 Å². The van der Waals surface area contributed by atoms with Crippen LogP contribution in [0.15, 0.2) is 62.7 Å². The summed E-state index contributed by atoms with van der Waals surface area (Å²) < 4.78 is 22.9. The maximum atomic E-state index is 12.6. The van der Waals surface area contributed by atoms with Gasteiger partial charge in [-0.25, -0.2) is 13.6 Å². The Morgan fingerprint density at radius 1 is 1.18 bits per heavy atom. The van der Waals surface area contributed by atoms with Crippen molar-refractivity contribution >= 4 is 56.2 Å². The molecule has 0 saturated carbocycles. The van der Waals surface area contributed by atoms with Crippen LogP contribution in [0.25, 0.3) is 0 Å². The summed E-state index contributed by atoms with van der Waals surface area (Å²) in [6.07, 6.45) is 0. The average molecular weight is 437 g/mol. The lowest BCUT2D eigenvalue weighted by Crippen LogP contribution is -2.30. The number of sulfonamides is 1. The number of para-hydroxylation sites is 1. The van der Waals surface area contributed by atoms with E-state index < -0.39 is 22.0 Å². The summed E-state index contributed by atoms with van der Waals surface area (Å²) in [5.41, 5.74) is 0.319. The van der Waals surface area contributed by atoms with Crippen molar-refractivity contribution in [3.8, 4) is 6.07 Å².